The molecule has 0 saturated heterocycles. The molecule has 1 aliphatic rings. The lowest BCUT2D eigenvalue weighted by atomic mass is 10.2. The van der Waals surface area contributed by atoms with Crippen LogP contribution in [0.1, 0.15) is 21.0 Å². The van der Waals surface area contributed by atoms with Crippen molar-refractivity contribution in [1.29, 1.82) is 0 Å². The normalized spacial score (nSPS) is 20.8. The second-order valence-electron chi connectivity index (χ2n) is 6.63. The van der Waals surface area contributed by atoms with Gasteiger partial charge in [0.15, 0.2) is 0 Å². The van der Waals surface area contributed by atoms with Crippen LogP contribution in [0.2, 0.25) is 0 Å². The van der Waals surface area contributed by atoms with Crippen LogP contribution in [0, 0.1) is 0 Å². The molecule has 0 unspecified atom stereocenters. The van der Waals surface area contributed by atoms with Crippen molar-refractivity contribution in [3.8, 4) is 0 Å². The molecule has 184 valence electrons. The first-order valence-electron chi connectivity index (χ1n) is 9.77. The third-order valence-electron chi connectivity index (χ3n) is 4.23. The fraction of sp³-hybridized carbons (Fsp3) is 0.421. The molecule has 13 nitrogen and oxygen atoms in total. The zero-order valence-corrected chi connectivity index (χ0v) is 19.9. The van der Waals surface area contributed by atoms with Crippen molar-refractivity contribution in [1.82, 2.24) is 26.3 Å². The van der Waals surface area contributed by atoms with E-state index >= 15 is 0 Å². The molecular formula is C19H23N5O8S2. The Hall–Kier alpha value is -3.33. The summed E-state index contributed by atoms with van der Waals surface area (Å²) >= 11 is 0. The number of hydrogen-bond donors (Lipinski definition) is 4. The molecule has 0 aliphatic carbocycles. The zero-order chi connectivity index (χ0) is 25.1. The number of fused-ring (bicyclic) bond motifs is 2. The number of methoxy groups -OCH3 is 2. The summed E-state index contributed by atoms with van der Waals surface area (Å²) in [6, 6.07) is 2.04. The Balaban J connectivity index is 2.23. The quantitative estimate of drug-likeness (QED) is 0.260. The molecule has 2 bridgehead atoms. The van der Waals surface area contributed by atoms with Gasteiger partial charge in [0.1, 0.15) is 23.5 Å². The van der Waals surface area contributed by atoms with Gasteiger partial charge in [-0.1, -0.05) is 27.7 Å². The number of nitrogens with one attached hydrogen (secondary N) is 4. The van der Waals surface area contributed by atoms with Crippen LogP contribution in [-0.2, 0) is 28.7 Å². The molecule has 1 aromatic heterocycles. The van der Waals surface area contributed by atoms with Gasteiger partial charge in [-0.3, -0.25) is 19.2 Å². The highest BCUT2D eigenvalue weighted by molar-refractivity contribution is 8.76. The SMILES string of the molecule is COC(=O)[C@@H]1CSSC[C@@H](C(=O)OC)NC(=O)CNC(=O)c2cccc(n2)C(=O)NCC(=O)N1. The van der Waals surface area contributed by atoms with Crippen molar-refractivity contribution in [2.45, 2.75) is 12.1 Å². The molecule has 0 spiro atoms. The topological polar surface area (TPSA) is 182 Å². The van der Waals surface area contributed by atoms with E-state index in [0.29, 0.717) is 0 Å². The Morgan fingerprint density at radius 1 is 0.824 bits per heavy atom. The van der Waals surface area contributed by atoms with Gasteiger partial charge in [-0.05, 0) is 12.1 Å². The molecule has 1 aliphatic heterocycles. The van der Waals surface area contributed by atoms with E-state index in [-0.39, 0.29) is 22.9 Å². The van der Waals surface area contributed by atoms with E-state index in [1.54, 1.807) is 0 Å². The number of aromatic nitrogens is 1. The van der Waals surface area contributed by atoms with Crippen LogP contribution in [0.5, 0.6) is 0 Å². The molecule has 4 amide bonds. The minimum atomic E-state index is -1.02. The van der Waals surface area contributed by atoms with Crippen LogP contribution < -0.4 is 21.3 Å². The Morgan fingerprint density at radius 2 is 1.24 bits per heavy atom. The molecule has 0 fully saturated rings. The molecule has 0 aromatic carbocycles. The molecule has 2 rings (SSSR count). The zero-order valence-electron chi connectivity index (χ0n) is 18.2. The Kier molecular flexibility index (Phi) is 10.6. The van der Waals surface area contributed by atoms with Crippen LogP contribution in [-0.4, -0.2) is 91.4 Å². The first-order valence-corrected chi connectivity index (χ1v) is 12.3. The van der Waals surface area contributed by atoms with Gasteiger partial charge in [0, 0.05) is 11.5 Å². The number of carbonyl (C=O) groups excluding carboxylic acids is 6. The van der Waals surface area contributed by atoms with Crippen molar-refractivity contribution < 1.29 is 38.2 Å². The molecule has 1 aromatic rings. The summed E-state index contributed by atoms with van der Waals surface area (Å²) < 4.78 is 9.39. The number of carbonyl (C=O) groups is 6. The maximum Gasteiger partial charge on any atom is 0.329 e. The first kappa shape index (κ1) is 26.9. The molecular weight excluding hydrogens is 490 g/mol. The summed E-state index contributed by atoms with van der Waals surface area (Å²) in [7, 11) is 4.63. The fourth-order valence-electron chi connectivity index (χ4n) is 2.53. The number of nitrogens with zero attached hydrogens (tertiary/aromatic N) is 1. The molecule has 2 heterocycles. The average molecular weight is 514 g/mol. The minimum absolute atomic E-state index is 0.0819. The van der Waals surface area contributed by atoms with Gasteiger partial charge in [0.05, 0.1) is 27.3 Å². The largest absolute Gasteiger partial charge is 0.467 e. The van der Waals surface area contributed by atoms with Gasteiger partial charge < -0.3 is 30.7 Å². The highest BCUT2D eigenvalue weighted by Gasteiger charge is 2.25. The molecule has 0 radical (unpaired) electrons. The van der Waals surface area contributed by atoms with Crippen molar-refractivity contribution in [3.63, 3.8) is 0 Å². The summed E-state index contributed by atoms with van der Waals surface area (Å²) in [5.74, 6) is -3.98. The Morgan fingerprint density at radius 3 is 1.62 bits per heavy atom. The van der Waals surface area contributed by atoms with E-state index in [4.69, 9.17) is 9.47 Å². The van der Waals surface area contributed by atoms with Crippen LogP contribution in [0.25, 0.3) is 0 Å². The number of esters is 2. The fourth-order valence-corrected chi connectivity index (χ4v) is 4.83. The average Bonchev–Trinajstić information content (AvgIpc) is 2.85. The lowest BCUT2D eigenvalue weighted by Crippen LogP contribution is -2.47. The van der Waals surface area contributed by atoms with Gasteiger partial charge in [0.25, 0.3) is 11.8 Å². The second kappa shape index (κ2) is 13.4. The van der Waals surface area contributed by atoms with E-state index in [9.17, 15) is 28.8 Å². The monoisotopic (exact) mass is 513 g/mol. The number of amides is 4. The van der Waals surface area contributed by atoms with Crippen LogP contribution in [0.4, 0.5) is 0 Å². The first-order chi connectivity index (χ1) is 16.2. The maximum atomic E-state index is 12.3. The smallest absolute Gasteiger partial charge is 0.329 e. The Labute approximate surface area is 202 Å². The third kappa shape index (κ3) is 8.22. The molecule has 34 heavy (non-hydrogen) atoms. The van der Waals surface area contributed by atoms with E-state index in [0.717, 1.165) is 21.6 Å². The van der Waals surface area contributed by atoms with E-state index < -0.39 is 60.7 Å². The summed E-state index contributed by atoms with van der Waals surface area (Å²) in [6.07, 6.45) is 0. The highest BCUT2D eigenvalue weighted by atomic mass is 33.1. The van der Waals surface area contributed by atoms with E-state index in [1.807, 2.05) is 0 Å². The van der Waals surface area contributed by atoms with Crippen LogP contribution in [0.3, 0.4) is 0 Å². The Bertz CT molecular complexity index is 889. The molecule has 4 N–H and O–H groups in total. The lowest BCUT2D eigenvalue weighted by molar-refractivity contribution is -0.144. The van der Waals surface area contributed by atoms with E-state index in [1.165, 1.54) is 32.4 Å². The van der Waals surface area contributed by atoms with Gasteiger partial charge in [-0.15, -0.1) is 0 Å². The van der Waals surface area contributed by atoms with Crippen molar-refractivity contribution in [2.75, 3.05) is 38.8 Å². The summed E-state index contributed by atoms with van der Waals surface area (Å²) in [6.45, 7) is -0.907. The standard InChI is InChI=1S/C19H23N5O8S2/c1-31-18(29)12-8-33-34-9-13(19(30)32-2)24-15(26)7-21-17(28)11-5-3-4-10(22-11)16(27)20-6-14(25)23-12/h3-5,12-13H,6-9H2,1-2H3,(H,20,27)(H,21,28)(H,23,25)(H,24,26)/t12-,13-/m0/s1. The predicted molar refractivity (Wildman–Crippen MR) is 122 cm³/mol. The van der Waals surface area contributed by atoms with Crippen molar-refractivity contribution >= 4 is 57.2 Å². The van der Waals surface area contributed by atoms with Crippen LogP contribution >= 0.6 is 21.6 Å². The summed E-state index contributed by atoms with van der Waals surface area (Å²) in [4.78, 5) is 77.1. The van der Waals surface area contributed by atoms with Crippen molar-refractivity contribution in [2.24, 2.45) is 0 Å². The third-order valence-corrected chi connectivity index (χ3v) is 6.65. The summed E-state index contributed by atoms with van der Waals surface area (Å²) in [5.41, 5.74) is -0.268. The van der Waals surface area contributed by atoms with Gasteiger partial charge in [0.2, 0.25) is 11.8 Å². The molecule has 2 atom stereocenters. The maximum absolute atomic E-state index is 12.3. The number of hydrogen-bond acceptors (Lipinski definition) is 11. The second-order valence-corrected chi connectivity index (χ2v) is 9.18. The number of pyridine rings is 1. The predicted octanol–water partition coefficient (Wildman–Crippen LogP) is -1.75. The summed E-state index contributed by atoms with van der Waals surface area (Å²) in [5, 5.41) is 9.63. The van der Waals surface area contributed by atoms with Crippen molar-refractivity contribution in [3.05, 3.63) is 29.6 Å². The lowest BCUT2D eigenvalue weighted by Gasteiger charge is -2.18. The number of rotatable bonds is 2. The van der Waals surface area contributed by atoms with E-state index in [2.05, 4.69) is 26.3 Å². The number of ether oxygens (including phenoxy) is 2. The highest BCUT2D eigenvalue weighted by Crippen LogP contribution is 2.23. The minimum Gasteiger partial charge on any atom is -0.467 e. The van der Waals surface area contributed by atoms with Gasteiger partial charge in [-0.2, -0.15) is 0 Å². The van der Waals surface area contributed by atoms with Gasteiger partial charge in [-0.25, -0.2) is 14.6 Å². The molecule has 0 saturated carbocycles. The van der Waals surface area contributed by atoms with Crippen LogP contribution in [0.15, 0.2) is 18.2 Å². The molecule has 15 heteroatoms. The van der Waals surface area contributed by atoms with Gasteiger partial charge >= 0.3 is 11.9 Å².